The van der Waals surface area contributed by atoms with Crippen LogP contribution in [-0.2, 0) is 45.0 Å². The molecule has 0 radical (unpaired) electrons. The standard InChI is InChI=1S/C19H26N2O9S/c1-27-15-5-4-14(10-16(15)31(25,26)21-6-8-30-9-7-21)11-17(22)20(12-18(23)28-2)13-19(24)29-3/h4-5,10H,6-9,11-13H2,1-3H3. The maximum Gasteiger partial charge on any atom is 0.325 e. The van der Waals surface area contributed by atoms with Crippen LogP contribution < -0.4 is 4.74 Å². The summed E-state index contributed by atoms with van der Waals surface area (Å²) < 4.78 is 47.0. The topological polar surface area (TPSA) is 129 Å². The van der Waals surface area contributed by atoms with Gasteiger partial charge in [-0.3, -0.25) is 14.4 Å². The molecule has 0 N–H and O–H groups in total. The number of sulfonamides is 1. The van der Waals surface area contributed by atoms with Crippen molar-refractivity contribution in [3.05, 3.63) is 23.8 Å². The van der Waals surface area contributed by atoms with Crippen LogP contribution in [0.4, 0.5) is 0 Å². The van der Waals surface area contributed by atoms with Gasteiger partial charge in [-0.25, -0.2) is 8.42 Å². The quantitative estimate of drug-likeness (QED) is 0.447. The first kappa shape index (κ1) is 24.6. The lowest BCUT2D eigenvalue weighted by Gasteiger charge is -2.27. The average Bonchev–Trinajstić information content (AvgIpc) is 2.78. The van der Waals surface area contributed by atoms with Crippen molar-refractivity contribution in [3.63, 3.8) is 0 Å². The summed E-state index contributed by atoms with van der Waals surface area (Å²) in [5.74, 6) is -1.84. The number of ether oxygens (including phenoxy) is 4. The van der Waals surface area contributed by atoms with Gasteiger partial charge < -0.3 is 23.8 Å². The van der Waals surface area contributed by atoms with E-state index in [1.807, 2.05) is 0 Å². The van der Waals surface area contributed by atoms with Gasteiger partial charge in [0.25, 0.3) is 0 Å². The maximum atomic E-state index is 13.1. The Bertz CT molecular complexity index is 893. The number of carbonyl (C=O) groups excluding carboxylic acids is 3. The lowest BCUT2D eigenvalue weighted by molar-refractivity contribution is -0.151. The minimum absolute atomic E-state index is 0.0744. The predicted octanol–water partition coefficient (Wildman–Crippen LogP) is -0.567. The Balaban J connectivity index is 2.29. The molecule has 0 bridgehead atoms. The van der Waals surface area contributed by atoms with Crippen molar-refractivity contribution in [2.24, 2.45) is 0 Å². The van der Waals surface area contributed by atoms with Gasteiger partial charge in [-0.05, 0) is 17.7 Å². The van der Waals surface area contributed by atoms with E-state index >= 15 is 0 Å². The van der Waals surface area contributed by atoms with Crippen LogP contribution >= 0.6 is 0 Å². The zero-order chi connectivity index (χ0) is 23.0. The van der Waals surface area contributed by atoms with Crippen molar-refractivity contribution in [3.8, 4) is 5.75 Å². The largest absolute Gasteiger partial charge is 0.495 e. The zero-order valence-electron chi connectivity index (χ0n) is 17.7. The van der Waals surface area contributed by atoms with Gasteiger partial charge in [0.1, 0.15) is 23.7 Å². The molecule has 0 unspecified atom stereocenters. The van der Waals surface area contributed by atoms with E-state index in [1.54, 1.807) is 6.07 Å². The third-order valence-corrected chi connectivity index (χ3v) is 6.54. The van der Waals surface area contributed by atoms with Gasteiger partial charge in [0.2, 0.25) is 15.9 Å². The van der Waals surface area contributed by atoms with E-state index in [-0.39, 0.29) is 43.4 Å². The van der Waals surface area contributed by atoms with Gasteiger partial charge in [0.05, 0.1) is 41.0 Å². The molecule has 1 aliphatic heterocycles. The molecule has 0 aliphatic carbocycles. The SMILES string of the molecule is COC(=O)CN(CC(=O)OC)C(=O)Cc1ccc(OC)c(S(=O)(=O)N2CCOCC2)c1. The van der Waals surface area contributed by atoms with E-state index in [1.165, 1.54) is 23.5 Å². The summed E-state index contributed by atoms with van der Waals surface area (Å²) in [6, 6.07) is 4.36. The molecule has 0 spiro atoms. The van der Waals surface area contributed by atoms with Gasteiger partial charge in [0, 0.05) is 13.1 Å². The van der Waals surface area contributed by atoms with E-state index in [4.69, 9.17) is 9.47 Å². The summed E-state index contributed by atoms with van der Waals surface area (Å²) in [6.45, 7) is 0.103. The summed E-state index contributed by atoms with van der Waals surface area (Å²) in [5.41, 5.74) is 0.373. The lowest BCUT2D eigenvalue weighted by Crippen LogP contribution is -2.41. The van der Waals surface area contributed by atoms with Gasteiger partial charge in [0.15, 0.2) is 0 Å². The number of morpholine rings is 1. The Morgan fingerprint density at radius 1 is 1.03 bits per heavy atom. The lowest BCUT2D eigenvalue weighted by atomic mass is 10.1. The highest BCUT2D eigenvalue weighted by molar-refractivity contribution is 7.89. The van der Waals surface area contributed by atoms with Crippen LogP contribution in [0, 0.1) is 0 Å². The van der Waals surface area contributed by atoms with E-state index in [9.17, 15) is 22.8 Å². The summed E-state index contributed by atoms with van der Waals surface area (Å²) in [5, 5.41) is 0. The Kier molecular flexibility index (Phi) is 8.77. The molecule has 12 heteroatoms. The molecule has 1 amide bonds. The van der Waals surface area contributed by atoms with Crippen molar-refractivity contribution in [2.75, 3.05) is 60.7 Å². The number of benzene rings is 1. The third kappa shape index (κ3) is 6.39. The van der Waals surface area contributed by atoms with Gasteiger partial charge in [-0.15, -0.1) is 0 Å². The van der Waals surface area contributed by atoms with Crippen LogP contribution in [0.5, 0.6) is 5.75 Å². The number of hydrogen-bond acceptors (Lipinski definition) is 9. The molecule has 172 valence electrons. The van der Waals surface area contributed by atoms with E-state index in [2.05, 4.69) is 9.47 Å². The molecule has 0 atom stereocenters. The van der Waals surface area contributed by atoms with Crippen molar-refractivity contribution < 1.29 is 41.7 Å². The fourth-order valence-electron chi connectivity index (χ4n) is 2.92. The first-order valence-corrected chi connectivity index (χ1v) is 10.8. The monoisotopic (exact) mass is 458 g/mol. The number of methoxy groups -OCH3 is 3. The number of hydrogen-bond donors (Lipinski definition) is 0. The molecule has 0 saturated carbocycles. The molecule has 11 nitrogen and oxygen atoms in total. The summed E-state index contributed by atoms with van der Waals surface area (Å²) in [7, 11) is -0.196. The Morgan fingerprint density at radius 2 is 1.61 bits per heavy atom. The van der Waals surface area contributed by atoms with Gasteiger partial charge >= 0.3 is 11.9 Å². The average molecular weight is 458 g/mol. The van der Waals surface area contributed by atoms with Crippen LogP contribution in [0.25, 0.3) is 0 Å². The van der Waals surface area contributed by atoms with E-state index < -0.39 is 41.0 Å². The highest BCUT2D eigenvalue weighted by Gasteiger charge is 2.30. The van der Waals surface area contributed by atoms with Crippen molar-refractivity contribution in [2.45, 2.75) is 11.3 Å². The Morgan fingerprint density at radius 3 is 2.13 bits per heavy atom. The second-order valence-electron chi connectivity index (χ2n) is 6.58. The van der Waals surface area contributed by atoms with Crippen molar-refractivity contribution in [1.82, 2.24) is 9.21 Å². The minimum Gasteiger partial charge on any atom is -0.495 e. The number of amides is 1. The zero-order valence-corrected chi connectivity index (χ0v) is 18.5. The number of rotatable bonds is 9. The Labute approximate surface area is 180 Å². The highest BCUT2D eigenvalue weighted by Crippen LogP contribution is 2.28. The van der Waals surface area contributed by atoms with Crippen molar-refractivity contribution in [1.29, 1.82) is 0 Å². The van der Waals surface area contributed by atoms with Crippen LogP contribution in [0.3, 0.4) is 0 Å². The van der Waals surface area contributed by atoms with Crippen molar-refractivity contribution >= 4 is 27.9 Å². The van der Waals surface area contributed by atoms with Crippen LogP contribution in [0.15, 0.2) is 23.1 Å². The maximum absolute atomic E-state index is 13.1. The molecule has 1 aromatic carbocycles. The fraction of sp³-hybridized carbons (Fsp3) is 0.526. The summed E-state index contributed by atoms with van der Waals surface area (Å²) in [6.07, 6.45) is -0.246. The second kappa shape index (κ2) is 11.1. The molecule has 31 heavy (non-hydrogen) atoms. The first-order valence-electron chi connectivity index (χ1n) is 9.39. The molecule has 1 fully saturated rings. The van der Waals surface area contributed by atoms with E-state index in [0.29, 0.717) is 5.56 Å². The first-order chi connectivity index (χ1) is 14.7. The number of nitrogens with zero attached hydrogens (tertiary/aromatic N) is 2. The molecule has 1 heterocycles. The molecule has 2 rings (SSSR count). The van der Waals surface area contributed by atoms with E-state index in [0.717, 1.165) is 19.1 Å². The van der Waals surface area contributed by atoms with Gasteiger partial charge in [-0.2, -0.15) is 4.31 Å². The summed E-state index contributed by atoms with van der Waals surface area (Å²) in [4.78, 5) is 36.9. The molecular formula is C19H26N2O9S. The van der Waals surface area contributed by atoms with Crippen LogP contribution in [-0.4, -0.2) is 96.2 Å². The third-order valence-electron chi connectivity index (χ3n) is 4.62. The number of carbonyl (C=O) groups is 3. The smallest absolute Gasteiger partial charge is 0.325 e. The molecule has 1 aliphatic rings. The number of esters is 2. The second-order valence-corrected chi connectivity index (χ2v) is 8.49. The molecular weight excluding hydrogens is 432 g/mol. The normalized spacial score (nSPS) is 14.5. The highest BCUT2D eigenvalue weighted by atomic mass is 32.2. The Hall–Kier alpha value is -2.70. The molecule has 1 aromatic rings. The van der Waals surface area contributed by atoms with Gasteiger partial charge in [-0.1, -0.05) is 6.07 Å². The molecule has 0 aromatic heterocycles. The summed E-state index contributed by atoms with van der Waals surface area (Å²) >= 11 is 0. The molecule has 1 saturated heterocycles. The fourth-order valence-corrected chi connectivity index (χ4v) is 4.53. The minimum atomic E-state index is -3.87. The van der Waals surface area contributed by atoms with Crippen LogP contribution in [0.2, 0.25) is 0 Å². The van der Waals surface area contributed by atoms with Crippen LogP contribution in [0.1, 0.15) is 5.56 Å². The predicted molar refractivity (Wildman–Crippen MR) is 107 cm³/mol.